The summed E-state index contributed by atoms with van der Waals surface area (Å²) < 4.78 is 17.6. The molecule has 0 fully saturated rings. The summed E-state index contributed by atoms with van der Waals surface area (Å²) in [5.74, 6) is -0.0925. The maximum atomic E-state index is 13.0. The molecule has 36 heavy (non-hydrogen) atoms. The van der Waals surface area contributed by atoms with Crippen LogP contribution in [0.4, 0.5) is 0 Å². The highest BCUT2D eigenvalue weighted by molar-refractivity contribution is 5.86. The number of rotatable bonds is 11. The van der Waals surface area contributed by atoms with Gasteiger partial charge < -0.3 is 19.5 Å². The number of carbonyl (C=O) groups excluding carboxylic acids is 2. The molecule has 3 heterocycles. The summed E-state index contributed by atoms with van der Waals surface area (Å²) in [6.07, 6.45) is 6.97. The number of imidazole rings is 1. The van der Waals surface area contributed by atoms with Crippen LogP contribution in [0.1, 0.15) is 29.9 Å². The van der Waals surface area contributed by atoms with Crippen LogP contribution in [0.25, 0.3) is 5.95 Å². The first-order valence-corrected chi connectivity index (χ1v) is 11.5. The zero-order valence-electron chi connectivity index (χ0n) is 20.1. The summed E-state index contributed by atoms with van der Waals surface area (Å²) >= 11 is 0. The standard InChI is InChI=1S/C25H28N6O5/c1-3-35-24(33)23(20-11-17(2)28-25(29-20)31-10-9-26-15-31)30-22(32)13-27-19(21-14-34-16-36-21)12-18-7-5-4-6-8-18/h4-11,14-15,19,23,27H,3,12-13,16H2,1-2H3,(H,30,32). The van der Waals surface area contributed by atoms with Crippen LogP contribution in [0, 0.1) is 6.92 Å². The van der Waals surface area contributed by atoms with E-state index >= 15 is 0 Å². The number of aryl methyl sites for hydroxylation is 1. The van der Waals surface area contributed by atoms with E-state index in [1.807, 2.05) is 30.3 Å². The summed E-state index contributed by atoms with van der Waals surface area (Å²) in [4.78, 5) is 38.6. The fourth-order valence-corrected chi connectivity index (χ4v) is 3.68. The number of amides is 1. The van der Waals surface area contributed by atoms with Crippen molar-refractivity contribution in [2.75, 3.05) is 19.9 Å². The average molecular weight is 493 g/mol. The molecule has 4 rings (SSSR count). The normalized spacial score (nSPS) is 14.2. The van der Waals surface area contributed by atoms with Crippen LogP contribution < -0.4 is 10.6 Å². The lowest BCUT2D eigenvalue weighted by molar-refractivity contribution is -0.147. The van der Waals surface area contributed by atoms with Crippen LogP contribution in [0.3, 0.4) is 0 Å². The van der Waals surface area contributed by atoms with Gasteiger partial charge in [-0.2, -0.15) is 0 Å². The minimum atomic E-state index is -1.11. The van der Waals surface area contributed by atoms with Crippen molar-refractivity contribution in [3.05, 3.63) is 84.1 Å². The molecule has 1 aliphatic heterocycles. The first-order valence-electron chi connectivity index (χ1n) is 11.5. The summed E-state index contributed by atoms with van der Waals surface area (Å²) in [6, 6.07) is 10.1. The zero-order chi connectivity index (χ0) is 25.3. The number of hydrogen-bond acceptors (Lipinski definition) is 9. The van der Waals surface area contributed by atoms with Gasteiger partial charge in [-0.3, -0.25) is 14.7 Å². The van der Waals surface area contributed by atoms with Crippen LogP contribution in [0.15, 0.2) is 67.1 Å². The summed E-state index contributed by atoms with van der Waals surface area (Å²) in [5, 5.41) is 5.95. The molecular weight excluding hydrogens is 464 g/mol. The largest absolute Gasteiger partial charge is 0.464 e. The second-order valence-electron chi connectivity index (χ2n) is 8.03. The number of esters is 1. The number of nitrogens with zero attached hydrogens (tertiary/aromatic N) is 4. The quantitative estimate of drug-likeness (QED) is 0.385. The maximum absolute atomic E-state index is 13.0. The number of ether oxygens (including phenoxy) is 3. The van der Waals surface area contributed by atoms with E-state index in [1.54, 1.807) is 49.5 Å². The van der Waals surface area contributed by atoms with Gasteiger partial charge in [-0.25, -0.2) is 19.7 Å². The maximum Gasteiger partial charge on any atom is 0.334 e. The summed E-state index contributed by atoms with van der Waals surface area (Å²) in [5.41, 5.74) is 2.01. The smallest absolute Gasteiger partial charge is 0.334 e. The molecule has 0 radical (unpaired) electrons. The van der Waals surface area contributed by atoms with E-state index in [1.165, 1.54) is 0 Å². The Kier molecular flexibility index (Phi) is 8.24. The van der Waals surface area contributed by atoms with E-state index in [2.05, 4.69) is 25.6 Å². The van der Waals surface area contributed by atoms with Gasteiger partial charge in [-0.1, -0.05) is 30.3 Å². The van der Waals surface area contributed by atoms with Crippen molar-refractivity contribution in [1.29, 1.82) is 0 Å². The Morgan fingerprint density at radius 2 is 2.06 bits per heavy atom. The topological polar surface area (TPSA) is 129 Å². The predicted octanol–water partition coefficient (Wildman–Crippen LogP) is 1.74. The third-order valence-corrected chi connectivity index (χ3v) is 5.35. The first-order chi connectivity index (χ1) is 17.5. The van der Waals surface area contributed by atoms with E-state index in [4.69, 9.17) is 14.2 Å². The van der Waals surface area contributed by atoms with Gasteiger partial charge >= 0.3 is 5.97 Å². The number of aromatic nitrogens is 4. The van der Waals surface area contributed by atoms with Crippen molar-refractivity contribution in [3.63, 3.8) is 0 Å². The minimum absolute atomic E-state index is 0.0768. The van der Waals surface area contributed by atoms with Crippen molar-refractivity contribution in [2.45, 2.75) is 32.4 Å². The van der Waals surface area contributed by atoms with Crippen LogP contribution in [-0.4, -0.2) is 57.4 Å². The highest BCUT2D eigenvalue weighted by atomic mass is 16.7. The highest BCUT2D eigenvalue weighted by Crippen LogP contribution is 2.17. The van der Waals surface area contributed by atoms with Crippen molar-refractivity contribution in [2.24, 2.45) is 0 Å². The highest BCUT2D eigenvalue weighted by Gasteiger charge is 2.28. The van der Waals surface area contributed by atoms with Gasteiger partial charge in [0, 0.05) is 18.1 Å². The van der Waals surface area contributed by atoms with Gasteiger partial charge in [-0.15, -0.1) is 0 Å². The second kappa shape index (κ2) is 11.9. The second-order valence-corrected chi connectivity index (χ2v) is 8.03. The molecule has 0 bridgehead atoms. The molecule has 0 aliphatic carbocycles. The van der Waals surface area contributed by atoms with E-state index in [0.717, 1.165) is 5.56 Å². The fraction of sp³-hybridized carbons (Fsp3) is 0.320. The summed E-state index contributed by atoms with van der Waals surface area (Å²) in [7, 11) is 0. The molecule has 0 saturated carbocycles. The van der Waals surface area contributed by atoms with E-state index < -0.39 is 17.9 Å². The van der Waals surface area contributed by atoms with Gasteiger partial charge in [0.1, 0.15) is 12.6 Å². The Morgan fingerprint density at radius 3 is 2.75 bits per heavy atom. The van der Waals surface area contributed by atoms with E-state index in [-0.39, 0.29) is 26.0 Å². The van der Waals surface area contributed by atoms with Gasteiger partial charge in [-0.05, 0) is 31.9 Å². The predicted molar refractivity (Wildman–Crippen MR) is 128 cm³/mol. The molecule has 0 saturated heterocycles. The fourth-order valence-electron chi connectivity index (χ4n) is 3.68. The Labute approximate surface area is 208 Å². The van der Waals surface area contributed by atoms with Gasteiger partial charge in [0.2, 0.25) is 18.6 Å². The molecule has 2 unspecified atom stereocenters. The monoisotopic (exact) mass is 492 g/mol. The number of nitrogens with one attached hydrogen (secondary N) is 2. The number of hydrogen-bond donors (Lipinski definition) is 2. The molecule has 11 heteroatoms. The Bertz CT molecular complexity index is 1200. The van der Waals surface area contributed by atoms with E-state index in [0.29, 0.717) is 29.5 Å². The lowest BCUT2D eigenvalue weighted by atomic mass is 10.0. The SMILES string of the molecule is CCOC(=O)C(NC(=O)CNC(Cc1ccccc1)C1=COCO1)c1cc(C)nc(-n2ccnc2)n1. The molecule has 2 N–H and O–H groups in total. The van der Waals surface area contributed by atoms with Crippen molar-refractivity contribution in [3.8, 4) is 5.95 Å². The van der Waals surface area contributed by atoms with E-state index in [9.17, 15) is 9.59 Å². The zero-order valence-corrected chi connectivity index (χ0v) is 20.1. The third kappa shape index (κ3) is 6.45. The third-order valence-electron chi connectivity index (χ3n) is 5.35. The lowest BCUT2D eigenvalue weighted by Gasteiger charge is -2.21. The molecule has 1 amide bonds. The molecular formula is C25H28N6O5. The molecule has 188 valence electrons. The van der Waals surface area contributed by atoms with Crippen molar-refractivity contribution in [1.82, 2.24) is 30.2 Å². The average Bonchev–Trinajstić information content (AvgIpc) is 3.60. The summed E-state index contributed by atoms with van der Waals surface area (Å²) in [6.45, 7) is 3.69. The Morgan fingerprint density at radius 1 is 1.22 bits per heavy atom. The first kappa shape index (κ1) is 24.9. The molecule has 3 aromatic rings. The molecule has 1 aliphatic rings. The molecule has 2 aromatic heterocycles. The van der Waals surface area contributed by atoms with Crippen molar-refractivity contribution >= 4 is 11.9 Å². The minimum Gasteiger partial charge on any atom is -0.464 e. The lowest BCUT2D eigenvalue weighted by Crippen LogP contribution is -2.44. The Hall–Kier alpha value is -4.25. The Balaban J connectivity index is 1.48. The van der Waals surface area contributed by atoms with Gasteiger partial charge in [0.05, 0.1) is 24.9 Å². The number of benzene rings is 1. The van der Waals surface area contributed by atoms with Crippen molar-refractivity contribution < 1.29 is 23.8 Å². The van der Waals surface area contributed by atoms with Crippen LogP contribution in [0.5, 0.6) is 0 Å². The van der Waals surface area contributed by atoms with Gasteiger partial charge in [0.25, 0.3) is 0 Å². The number of carbonyl (C=O) groups is 2. The molecule has 2 atom stereocenters. The molecule has 1 aromatic carbocycles. The molecule has 0 spiro atoms. The molecule has 11 nitrogen and oxygen atoms in total. The van der Waals surface area contributed by atoms with Gasteiger partial charge in [0.15, 0.2) is 11.8 Å². The van der Waals surface area contributed by atoms with Crippen LogP contribution in [-0.2, 0) is 30.2 Å². The van der Waals surface area contributed by atoms with Crippen LogP contribution in [0.2, 0.25) is 0 Å². The van der Waals surface area contributed by atoms with Crippen LogP contribution >= 0.6 is 0 Å².